The van der Waals surface area contributed by atoms with Crippen molar-refractivity contribution in [1.82, 2.24) is 5.32 Å². The third-order valence-corrected chi connectivity index (χ3v) is 4.42. The van der Waals surface area contributed by atoms with Crippen LogP contribution < -0.4 is 5.32 Å². The molecule has 17 heavy (non-hydrogen) atoms. The van der Waals surface area contributed by atoms with Gasteiger partial charge in [-0.05, 0) is 56.9 Å². The van der Waals surface area contributed by atoms with Crippen LogP contribution in [0.4, 0.5) is 0 Å². The van der Waals surface area contributed by atoms with E-state index in [4.69, 9.17) is 4.74 Å². The maximum Gasteiger partial charge on any atom is 0.0702 e. The summed E-state index contributed by atoms with van der Waals surface area (Å²) in [7, 11) is 0. The van der Waals surface area contributed by atoms with E-state index in [9.17, 15) is 0 Å². The summed E-state index contributed by atoms with van der Waals surface area (Å²) in [5, 5.41) is 3.69. The summed E-state index contributed by atoms with van der Waals surface area (Å²) < 4.78 is 6.22. The summed E-state index contributed by atoms with van der Waals surface area (Å²) in [6.07, 6.45) is 7.62. The van der Waals surface area contributed by atoms with Gasteiger partial charge >= 0.3 is 0 Å². The van der Waals surface area contributed by atoms with Crippen LogP contribution in [0.25, 0.3) is 0 Å². The van der Waals surface area contributed by atoms with Crippen molar-refractivity contribution < 1.29 is 4.74 Å². The van der Waals surface area contributed by atoms with Gasteiger partial charge in [-0.25, -0.2) is 0 Å². The highest BCUT2D eigenvalue weighted by Gasteiger charge is 2.42. The first-order valence-corrected chi connectivity index (χ1v) is 7.51. The molecule has 1 aliphatic heterocycles. The van der Waals surface area contributed by atoms with Crippen molar-refractivity contribution >= 4 is 0 Å². The van der Waals surface area contributed by atoms with Crippen molar-refractivity contribution in [3.63, 3.8) is 0 Å². The van der Waals surface area contributed by atoms with E-state index in [2.05, 4.69) is 26.1 Å². The van der Waals surface area contributed by atoms with Crippen molar-refractivity contribution in [3.8, 4) is 0 Å². The van der Waals surface area contributed by atoms with Gasteiger partial charge in [-0.2, -0.15) is 0 Å². The molecule has 1 aliphatic carbocycles. The van der Waals surface area contributed by atoms with Crippen LogP contribution >= 0.6 is 0 Å². The van der Waals surface area contributed by atoms with Gasteiger partial charge in [0.05, 0.1) is 5.60 Å². The van der Waals surface area contributed by atoms with Crippen LogP contribution in [0.1, 0.15) is 59.3 Å². The fourth-order valence-corrected chi connectivity index (χ4v) is 4.04. The molecule has 0 aromatic rings. The van der Waals surface area contributed by atoms with Crippen LogP contribution in [-0.4, -0.2) is 24.8 Å². The van der Waals surface area contributed by atoms with E-state index in [-0.39, 0.29) is 5.60 Å². The fourth-order valence-electron chi connectivity index (χ4n) is 4.04. The van der Waals surface area contributed by atoms with E-state index in [1.54, 1.807) is 0 Å². The second-order valence-electron chi connectivity index (χ2n) is 6.53. The van der Waals surface area contributed by atoms with Crippen molar-refractivity contribution in [3.05, 3.63) is 0 Å². The predicted molar refractivity (Wildman–Crippen MR) is 72.2 cm³/mol. The zero-order chi connectivity index (χ0) is 12.3. The maximum absolute atomic E-state index is 6.22. The van der Waals surface area contributed by atoms with E-state index in [1.165, 1.54) is 38.5 Å². The molecule has 0 amide bonds. The highest BCUT2D eigenvalue weighted by molar-refractivity contribution is 4.95. The molecule has 0 radical (unpaired) electrons. The van der Waals surface area contributed by atoms with Gasteiger partial charge in [0, 0.05) is 12.6 Å². The quantitative estimate of drug-likeness (QED) is 0.815. The number of hydrogen-bond acceptors (Lipinski definition) is 2. The van der Waals surface area contributed by atoms with E-state index >= 15 is 0 Å². The summed E-state index contributed by atoms with van der Waals surface area (Å²) in [5.41, 5.74) is 0.209. The van der Waals surface area contributed by atoms with Crippen LogP contribution in [0.2, 0.25) is 0 Å². The topological polar surface area (TPSA) is 21.3 Å². The van der Waals surface area contributed by atoms with Gasteiger partial charge in [-0.15, -0.1) is 0 Å². The molecule has 1 saturated carbocycles. The molecule has 1 N–H and O–H groups in total. The lowest BCUT2D eigenvalue weighted by Gasteiger charge is -2.47. The van der Waals surface area contributed by atoms with Crippen LogP contribution in [0.15, 0.2) is 0 Å². The Morgan fingerprint density at radius 3 is 2.53 bits per heavy atom. The van der Waals surface area contributed by atoms with Crippen LogP contribution in [0.3, 0.4) is 0 Å². The van der Waals surface area contributed by atoms with Gasteiger partial charge in [0.2, 0.25) is 0 Å². The Kier molecular flexibility index (Phi) is 4.48. The zero-order valence-corrected chi connectivity index (χ0v) is 11.8. The van der Waals surface area contributed by atoms with E-state index in [0.717, 1.165) is 25.0 Å². The number of rotatable bonds is 3. The Bertz CT molecular complexity index is 231. The SMILES string of the molecule is CCCNC1CCOC2(CC(C)CC(C)C2)C1. The molecule has 2 heteroatoms. The lowest BCUT2D eigenvalue weighted by molar-refractivity contribution is -0.128. The smallest absolute Gasteiger partial charge is 0.0702 e. The minimum Gasteiger partial charge on any atom is -0.375 e. The molecule has 0 bridgehead atoms. The van der Waals surface area contributed by atoms with Crippen molar-refractivity contribution in [2.75, 3.05) is 13.2 Å². The van der Waals surface area contributed by atoms with Crippen LogP contribution in [0.5, 0.6) is 0 Å². The standard InChI is InChI=1S/C15H29NO/c1-4-6-16-14-5-7-17-15(11-14)9-12(2)8-13(3)10-15/h12-14,16H,4-11H2,1-3H3. The molecule has 0 aromatic heterocycles. The molecule has 0 aromatic carbocycles. The molecular weight excluding hydrogens is 210 g/mol. The minimum atomic E-state index is 0.209. The highest BCUT2D eigenvalue weighted by atomic mass is 16.5. The molecule has 2 rings (SSSR count). The van der Waals surface area contributed by atoms with Gasteiger partial charge in [-0.1, -0.05) is 20.8 Å². The first-order chi connectivity index (χ1) is 8.13. The average molecular weight is 239 g/mol. The summed E-state index contributed by atoms with van der Waals surface area (Å²) in [6, 6.07) is 0.696. The van der Waals surface area contributed by atoms with Gasteiger partial charge in [0.15, 0.2) is 0 Å². The first-order valence-electron chi connectivity index (χ1n) is 7.51. The molecule has 2 fully saturated rings. The van der Waals surface area contributed by atoms with E-state index in [0.29, 0.717) is 6.04 Å². The Morgan fingerprint density at radius 1 is 1.18 bits per heavy atom. The third-order valence-electron chi connectivity index (χ3n) is 4.42. The monoisotopic (exact) mass is 239 g/mol. The van der Waals surface area contributed by atoms with Crippen LogP contribution in [-0.2, 0) is 4.74 Å². The Labute approximate surface area is 107 Å². The van der Waals surface area contributed by atoms with Gasteiger partial charge in [-0.3, -0.25) is 0 Å². The number of ether oxygens (including phenoxy) is 1. The number of nitrogens with one attached hydrogen (secondary N) is 1. The molecule has 3 unspecified atom stereocenters. The van der Waals surface area contributed by atoms with Crippen molar-refractivity contribution in [2.45, 2.75) is 70.9 Å². The molecule has 100 valence electrons. The van der Waals surface area contributed by atoms with E-state index < -0.39 is 0 Å². The number of hydrogen-bond donors (Lipinski definition) is 1. The maximum atomic E-state index is 6.22. The third kappa shape index (κ3) is 3.45. The average Bonchev–Trinajstić information content (AvgIpc) is 2.24. The Morgan fingerprint density at radius 2 is 1.88 bits per heavy atom. The lowest BCUT2D eigenvalue weighted by atomic mass is 9.70. The Hall–Kier alpha value is -0.0800. The fraction of sp³-hybridized carbons (Fsp3) is 1.00. The predicted octanol–water partition coefficient (Wildman–Crippen LogP) is 3.36. The van der Waals surface area contributed by atoms with Crippen molar-refractivity contribution in [1.29, 1.82) is 0 Å². The van der Waals surface area contributed by atoms with Crippen LogP contribution in [0, 0.1) is 11.8 Å². The summed E-state index contributed by atoms with van der Waals surface area (Å²) in [4.78, 5) is 0. The largest absolute Gasteiger partial charge is 0.375 e. The minimum absolute atomic E-state index is 0.209. The van der Waals surface area contributed by atoms with Gasteiger partial charge in [0.1, 0.15) is 0 Å². The van der Waals surface area contributed by atoms with E-state index in [1.807, 2.05) is 0 Å². The lowest BCUT2D eigenvalue weighted by Crippen LogP contribution is -2.50. The molecule has 1 spiro atoms. The second kappa shape index (κ2) is 5.71. The molecule has 2 aliphatic rings. The first kappa shape index (κ1) is 13.4. The molecule has 1 saturated heterocycles. The zero-order valence-electron chi connectivity index (χ0n) is 11.8. The Balaban J connectivity index is 1.94. The van der Waals surface area contributed by atoms with Crippen molar-refractivity contribution in [2.24, 2.45) is 11.8 Å². The van der Waals surface area contributed by atoms with Gasteiger partial charge in [0.25, 0.3) is 0 Å². The summed E-state index contributed by atoms with van der Waals surface area (Å²) >= 11 is 0. The summed E-state index contributed by atoms with van der Waals surface area (Å²) in [5.74, 6) is 1.67. The molecule has 1 heterocycles. The second-order valence-corrected chi connectivity index (χ2v) is 6.53. The molecule has 3 atom stereocenters. The highest BCUT2D eigenvalue weighted by Crippen LogP contribution is 2.43. The van der Waals surface area contributed by atoms with Gasteiger partial charge < -0.3 is 10.1 Å². The molecule has 2 nitrogen and oxygen atoms in total. The normalized spacial score (nSPS) is 42.9. The molecular formula is C15H29NO. The summed E-state index contributed by atoms with van der Waals surface area (Å²) in [6.45, 7) is 9.15.